The fraction of sp³-hybridized carbons (Fsp3) is 0.182. The van der Waals surface area contributed by atoms with E-state index in [1.165, 1.54) is 18.9 Å². The first-order valence-corrected chi connectivity index (χ1v) is 9.61. The number of aromatic nitrogens is 4. The van der Waals surface area contributed by atoms with Crippen molar-refractivity contribution in [2.24, 2.45) is 0 Å². The Morgan fingerprint density at radius 3 is 2.16 bits per heavy atom. The maximum atomic E-state index is 13.6. The number of allylic oxidation sites excluding steroid dienone is 1. The van der Waals surface area contributed by atoms with E-state index in [9.17, 15) is 14.4 Å². The number of carbonyl (C=O) groups excluding carboxylic acids is 3. The van der Waals surface area contributed by atoms with Gasteiger partial charge in [-0.2, -0.15) is 4.68 Å². The fourth-order valence-corrected chi connectivity index (χ4v) is 3.48. The number of nitrogens with zero attached hydrogens (tertiary/aromatic N) is 4. The van der Waals surface area contributed by atoms with Crippen LogP contribution in [0.2, 0.25) is 0 Å². The van der Waals surface area contributed by atoms with Crippen molar-refractivity contribution in [3.05, 3.63) is 82.1 Å². The van der Waals surface area contributed by atoms with Crippen LogP contribution in [0.4, 0.5) is 5.95 Å². The van der Waals surface area contributed by atoms with E-state index in [0.717, 1.165) is 5.56 Å². The predicted octanol–water partition coefficient (Wildman–Crippen LogP) is 2.09. The number of ether oxygens (including phenoxy) is 2. The van der Waals surface area contributed by atoms with Crippen molar-refractivity contribution in [2.45, 2.75) is 13.0 Å². The molecule has 0 bridgehead atoms. The van der Waals surface area contributed by atoms with E-state index in [-0.39, 0.29) is 23.0 Å². The van der Waals surface area contributed by atoms with E-state index >= 15 is 0 Å². The Balaban J connectivity index is 1.90. The second-order valence-corrected chi connectivity index (χ2v) is 7.06. The first-order valence-electron chi connectivity index (χ1n) is 9.61. The van der Waals surface area contributed by atoms with Gasteiger partial charge in [-0.3, -0.25) is 4.79 Å². The van der Waals surface area contributed by atoms with Crippen LogP contribution in [0.15, 0.2) is 59.8 Å². The molecule has 32 heavy (non-hydrogen) atoms. The van der Waals surface area contributed by atoms with Crippen molar-refractivity contribution in [3.63, 3.8) is 0 Å². The molecular formula is C22H19N5O5. The summed E-state index contributed by atoms with van der Waals surface area (Å²) in [4.78, 5) is 38.1. The lowest BCUT2D eigenvalue weighted by atomic mass is 9.89. The fourth-order valence-electron chi connectivity index (χ4n) is 3.48. The molecule has 0 saturated carbocycles. The summed E-state index contributed by atoms with van der Waals surface area (Å²) in [5, 5.41) is 14.4. The van der Waals surface area contributed by atoms with Crippen LogP contribution in [0.3, 0.4) is 0 Å². The van der Waals surface area contributed by atoms with Crippen molar-refractivity contribution in [2.75, 3.05) is 19.5 Å². The third kappa shape index (κ3) is 3.62. The standard InChI is InChI=1S/C22H19N5O5/c1-12-4-6-14(7-5-12)19(28)16-17(21(30)32-3)23-22-24-25-26-27(22)18(16)13-8-10-15(11-9-13)20(29)31-2/h4-11,18H,1-3H3,(H,23,24,26)/t18-/m0/s1. The monoisotopic (exact) mass is 433 g/mol. The van der Waals surface area contributed by atoms with E-state index in [0.29, 0.717) is 16.7 Å². The highest BCUT2D eigenvalue weighted by Crippen LogP contribution is 2.36. The number of tetrazole rings is 1. The summed E-state index contributed by atoms with van der Waals surface area (Å²) in [6.45, 7) is 1.91. The lowest BCUT2D eigenvalue weighted by molar-refractivity contribution is -0.136. The van der Waals surface area contributed by atoms with Gasteiger partial charge < -0.3 is 14.8 Å². The van der Waals surface area contributed by atoms with Crippen molar-refractivity contribution >= 4 is 23.7 Å². The summed E-state index contributed by atoms with van der Waals surface area (Å²) in [5.74, 6) is -1.44. The Labute approximate surface area is 182 Å². The van der Waals surface area contributed by atoms with Crippen molar-refractivity contribution in [3.8, 4) is 0 Å². The van der Waals surface area contributed by atoms with Crippen LogP contribution in [0.25, 0.3) is 0 Å². The van der Waals surface area contributed by atoms with Crippen molar-refractivity contribution in [1.82, 2.24) is 20.2 Å². The molecule has 0 fully saturated rings. The molecule has 4 rings (SSSR count). The number of hydrogen-bond acceptors (Lipinski definition) is 9. The summed E-state index contributed by atoms with van der Waals surface area (Å²) in [7, 11) is 2.52. The molecule has 2 heterocycles. The van der Waals surface area contributed by atoms with Crippen LogP contribution < -0.4 is 5.32 Å². The number of carbonyl (C=O) groups is 3. The summed E-state index contributed by atoms with van der Waals surface area (Å²) in [6, 6.07) is 12.6. The molecule has 10 nitrogen and oxygen atoms in total. The maximum Gasteiger partial charge on any atom is 0.355 e. The smallest absolute Gasteiger partial charge is 0.355 e. The lowest BCUT2D eigenvalue weighted by Gasteiger charge is -2.28. The number of nitrogens with one attached hydrogen (secondary N) is 1. The summed E-state index contributed by atoms with van der Waals surface area (Å²) < 4.78 is 11.1. The lowest BCUT2D eigenvalue weighted by Crippen LogP contribution is -2.33. The summed E-state index contributed by atoms with van der Waals surface area (Å²) in [6.07, 6.45) is 0. The number of hydrogen-bond donors (Lipinski definition) is 1. The molecule has 0 spiro atoms. The zero-order valence-electron chi connectivity index (χ0n) is 17.5. The second-order valence-electron chi connectivity index (χ2n) is 7.06. The van der Waals surface area contributed by atoms with Gasteiger partial charge in [-0.1, -0.05) is 47.1 Å². The second kappa shape index (κ2) is 8.42. The molecular weight excluding hydrogens is 414 g/mol. The number of ketones is 1. The average Bonchev–Trinajstić information content (AvgIpc) is 3.30. The normalized spacial score (nSPS) is 14.9. The first-order chi connectivity index (χ1) is 15.4. The minimum Gasteiger partial charge on any atom is -0.465 e. The van der Waals surface area contributed by atoms with Crippen LogP contribution in [0, 0.1) is 6.92 Å². The van der Waals surface area contributed by atoms with E-state index in [1.54, 1.807) is 36.4 Å². The minimum atomic E-state index is -0.837. The van der Waals surface area contributed by atoms with Crippen LogP contribution >= 0.6 is 0 Å². The Morgan fingerprint density at radius 2 is 1.53 bits per heavy atom. The molecule has 162 valence electrons. The molecule has 1 atom stereocenters. The summed E-state index contributed by atoms with van der Waals surface area (Å²) in [5.41, 5.74) is 2.37. The highest BCUT2D eigenvalue weighted by atomic mass is 16.5. The maximum absolute atomic E-state index is 13.6. The molecule has 0 saturated heterocycles. The highest BCUT2D eigenvalue weighted by molar-refractivity contribution is 6.15. The zero-order valence-corrected chi connectivity index (χ0v) is 17.5. The van der Waals surface area contributed by atoms with Gasteiger partial charge in [-0.25, -0.2) is 9.59 Å². The molecule has 0 amide bonds. The number of aryl methyl sites for hydroxylation is 1. The number of rotatable bonds is 5. The van der Waals surface area contributed by atoms with Crippen LogP contribution in [0.1, 0.15) is 37.9 Å². The van der Waals surface area contributed by atoms with Crippen LogP contribution in [-0.4, -0.2) is 52.1 Å². The summed E-state index contributed by atoms with van der Waals surface area (Å²) >= 11 is 0. The topological polar surface area (TPSA) is 125 Å². The first kappa shape index (κ1) is 20.9. The highest BCUT2D eigenvalue weighted by Gasteiger charge is 2.38. The number of Topliss-reactive ketones (excluding diaryl/α,β-unsaturated/α-hetero) is 1. The molecule has 2 aromatic carbocycles. The zero-order chi connectivity index (χ0) is 22.8. The van der Waals surface area contributed by atoms with E-state index in [2.05, 4.69) is 20.8 Å². The van der Waals surface area contributed by atoms with Crippen molar-refractivity contribution in [1.29, 1.82) is 0 Å². The van der Waals surface area contributed by atoms with Gasteiger partial charge in [0.05, 0.1) is 25.4 Å². The van der Waals surface area contributed by atoms with Gasteiger partial charge in [0.25, 0.3) is 0 Å². The van der Waals surface area contributed by atoms with Gasteiger partial charge in [0.15, 0.2) is 5.78 Å². The third-order valence-corrected chi connectivity index (χ3v) is 5.11. The average molecular weight is 433 g/mol. The molecule has 1 N–H and O–H groups in total. The van der Waals surface area contributed by atoms with Gasteiger partial charge in [-0.15, -0.1) is 0 Å². The Bertz CT molecular complexity index is 1230. The van der Waals surface area contributed by atoms with Crippen LogP contribution in [-0.2, 0) is 14.3 Å². The van der Waals surface area contributed by atoms with Gasteiger partial charge in [0, 0.05) is 5.56 Å². The number of methoxy groups -OCH3 is 2. The van der Waals surface area contributed by atoms with Gasteiger partial charge in [0.2, 0.25) is 5.95 Å². The van der Waals surface area contributed by atoms with Gasteiger partial charge in [0.1, 0.15) is 11.7 Å². The Hall–Kier alpha value is -4.34. The molecule has 1 aliphatic heterocycles. The Kier molecular flexibility index (Phi) is 5.50. The van der Waals surface area contributed by atoms with Crippen LogP contribution in [0.5, 0.6) is 0 Å². The SMILES string of the molecule is COC(=O)C1=C(C(=O)c2ccc(C)cc2)[C@H](c2ccc(C(=O)OC)cc2)n2nnnc2N1. The molecule has 3 aromatic rings. The molecule has 0 unspecified atom stereocenters. The van der Waals surface area contributed by atoms with E-state index in [4.69, 9.17) is 9.47 Å². The van der Waals surface area contributed by atoms with E-state index in [1.807, 2.05) is 19.1 Å². The van der Waals surface area contributed by atoms with Gasteiger partial charge >= 0.3 is 11.9 Å². The molecule has 10 heteroatoms. The number of esters is 2. The number of benzene rings is 2. The molecule has 1 aromatic heterocycles. The number of fused-ring (bicyclic) bond motifs is 1. The number of anilines is 1. The molecule has 1 aliphatic rings. The van der Waals surface area contributed by atoms with Gasteiger partial charge in [-0.05, 0) is 35.0 Å². The van der Waals surface area contributed by atoms with E-state index < -0.39 is 18.0 Å². The predicted molar refractivity (Wildman–Crippen MR) is 112 cm³/mol. The minimum absolute atomic E-state index is 0.0533. The Morgan fingerprint density at radius 1 is 0.906 bits per heavy atom. The third-order valence-electron chi connectivity index (χ3n) is 5.11. The molecule has 0 radical (unpaired) electrons. The van der Waals surface area contributed by atoms with Crippen molar-refractivity contribution < 1.29 is 23.9 Å². The quantitative estimate of drug-likeness (QED) is 0.475. The molecule has 0 aliphatic carbocycles. The largest absolute Gasteiger partial charge is 0.465 e.